The molecule has 0 radical (unpaired) electrons. The highest BCUT2D eigenvalue weighted by Crippen LogP contribution is 2.26. The molecular weight excluding hydrogens is 258 g/mol. The minimum atomic E-state index is -1.10. The Morgan fingerprint density at radius 3 is 2.95 bits per heavy atom. The van der Waals surface area contributed by atoms with Crippen molar-refractivity contribution in [3.8, 4) is 17.0 Å². The summed E-state index contributed by atoms with van der Waals surface area (Å²) < 4.78 is 6.63. The number of methoxy groups -OCH3 is 1. The molecule has 1 N–H and O–H groups in total. The highest BCUT2D eigenvalue weighted by Gasteiger charge is 2.18. The predicted octanol–water partition coefficient (Wildman–Crippen LogP) is 2.10. The summed E-state index contributed by atoms with van der Waals surface area (Å²) in [6.45, 7) is 0. The molecule has 0 fully saturated rings. The fourth-order valence-electron chi connectivity index (χ4n) is 2.04. The van der Waals surface area contributed by atoms with E-state index >= 15 is 0 Å². The molecule has 20 heavy (non-hydrogen) atoms. The molecule has 3 rings (SSSR count). The highest BCUT2D eigenvalue weighted by atomic mass is 16.5. The molecule has 0 aliphatic rings. The van der Waals surface area contributed by atoms with Crippen LogP contribution in [0.2, 0.25) is 0 Å². The first-order chi connectivity index (χ1) is 9.70. The first kappa shape index (κ1) is 12.2. The van der Waals surface area contributed by atoms with Crippen LogP contribution in [-0.2, 0) is 0 Å². The van der Waals surface area contributed by atoms with E-state index in [4.69, 9.17) is 4.74 Å². The Hall–Kier alpha value is -2.89. The Kier molecular flexibility index (Phi) is 2.83. The first-order valence-corrected chi connectivity index (χ1v) is 5.91. The smallest absolute Gasteiger partial charge is 0.372 e. The second kappa shape index (κ2) is 4.65. The minimum Gasteiger partial charge on any atom is -0.497 e. The van der Waals surface area contributed by atoms with Crippen molar-refractivity contribution in [3.63, 3.8) is 0 Å². The van der Waals surface area contributed by atoms with E-state index in [0.717, 1.165) is 5.56 Å². The fraction of sp³-hybridized carbons (Fsp3) is 0.0714. The average molecular weight is 269 g/mol. The molecule has 0 saturated carbocycles. The third-order valence-electron chi connectivity index (χ3n) is 2.94. The van der Waals surface area contributed by atoms with Crippen LogP contribution in [0.1, 0.15) is 10.6 Å². The van der Waals surface area contributed by atoms with Crippen molar-refractivity contribution in [1.82, 2.24) is 14.4 Å². The number of hydrogen-bond acceptors (Lipinski definition) is 4. The lowest BCUT2D eigenvalue weighted by atomic mass is 10.1. The summed E-state index contributed by atoms with van der Waals surface area (Å²) in [5.41, 5.74) is 1.77. The fourth-order valence-corrected chi connectivity index (χ4v) is 2.04. The van der Waals surface area contributed by atoms with Crippen LogP contribution < -0.4 is 4.74 Å². The van der Waals surface area contributed by atoms with Gasteiger partial charge in [0.15, 0.2) is 5.65 Å². The Balaban J connectivity index is 2.28. The largest absolute Gasteiger partial charge is 0.497 e. The van der Waals surface area contributed by atoms with Gasteiger partial charge in [-0.1, -0.05) is 12.1 Å². The van der Waals surface area contributed by atoms with Gasteiger partial charge >= 0.3 is 5.97 Å². The molecule has 0 aliphatic heterocycles. The van der Waals surface area contributed by atoms with Crippen molar-refractivity contribution >= 4 is 11.6 Å². The van der Waals surface area contributed by atoms with Crippen LogP contribution >= 0.6 is 0 Å². The van der Waals surface area contributed by atoms with Gasteiger partial charge in [0, 0.05) is 18.0 Å². The van der Waals surface area contributed by atoms with E-state index in [-0.39, 0.29) is 5.82 Å². The van der Waals surface area contributed by atoms with E-state index in [1.807, 2.05) is 18.2 Å². The first-order valence-electron chi connectivity index (χ1n) is 5.91. The van der Waals surface area contributed by atoms with Crippen LogP contribution in [0.15, 0.2) is 42.7 Å². The van der Waals surface area contributed by atoms with Gasteiger partial charge in [-0.15, -0.1) is 0 Å². The Morgan fingerprint density at radius 2 is 2.20 bits per heavy atom. The topological polar surface area (TPSA) is 76.7 Å². The molecule has 2 aromatic heterocycles. The molecular formula is C14H11N3O3. The van der Waals surface area contributed by atoms with Crippen LogP contribution in [0.5, 0.6) is 5.75 Å². The summed E-state index contributed by atoms with van der Waals surface area (Å²) in [7, 11) is 1.57. The van der Waals surface area contributed by atoms with E-state index in [9.17, 15) is 9.90 Å². The van der Waals surface area contributed by atoms with Gasteiger partial charge in [-0.2, -0.15) is 0 Å². The number of rotatable bonds is 3. The van der Waals surface area contributed by atoms with E-state index in [1.54, 1.807) is 31.6 Å². The van der Waals surface area contributed by atoms with E-state index in [0.29, 0.717) is 17.1 Å². The third-order valence-corrected chi connectivity index (χ3v) is 2.94. The quantitative estimate of drug-likeness (QED) is 0.788. The molecule has 0 aliphatic carbocycles. The Labute approximate surface area is 114 Å². The van der Waals surface area contributed by atoms with Crippen molar-refractivity contribution < 1.29 is 14.6 Å². The summed E-state index contributed by atoms with van der Waals surface area (Å²) in [5, 5.41) is 9.21. The summed E-state index contributed by atoms with van der Waals surface area (Å²) in [6.07, 6.45) is 3.23. The van der Waals surface area contributed by atoms with Crippen LogP contribution in [0.25, 0.3) is 16.9 Å². The molecule has 6 nitrogen and oxygen atoms in total. The second-order valence-corrected chi connectivity index (χ2v) is 4.13. The molecule has 3 aromatic rings. The second-order valence-electron chi connectivity index (χ2n) is 4.13. The number of carboxylic acid groups (broad SMARTS) is 1. The average Bonchev–Trinajstić information content (AvgIpc) is 2.87. The number of carbonyl (C=O) groups is 1. The number of carboxylic acids is 1. The number of ether oxygens (including phenoxy) is 1. The maximum absolute atomic E-state index is 11.2. The number of imidazole rings is 1. The molecule has 0 bridgehead atoms. The Bertz CT molecular complexity index is 795. The molecule has 0 atom stereocenters. The van der Waals surface area contributed by atoms with Crippen molar-refractivity contribution in [2.45, 2.75) is 0 Å². The maximum atomic E-state index is 11.2. The molecule has 0 spiro atoms. The molecule has 6 heteroatoms. The highest BCUT2D eigenvalue weighted by molar-refractivity contribution is 5.88. The van der Waals surface area contributed by atoms with Gasteiger partial charge < -0.3 is 9.84 Å². The maximum Gasteiger partial charge on any atom is 0.372 e. The van der Waals surface area contributed by atoms with Gasteiger partial charge in [0.2, 0.25) is 5.82 Å². The van der Waals surface area contributed by atoms with E-state index in [1.165, 1.54) is 4.40 Å². The van der Waals surface area contributed by atoms with Gasteiger partial charge in [-0.05, 0) is 18.2 Å². The number of nitrogens with zero attached hydrogens (tertiary/aromatic N) is 3. The molecule has 2 heterocycles. The normalized spacial score (nSPS) is 10.7. The molecule has 0 saturated heterocycles. The number of aromatic carboxylic acids is 1. The van der Waals surface area contributed by atoms with E-state index in [2.05, 4.69) is 9.97 Å². The number of benzene rings is 1. The third kappa shape index (κ3) is 1.87. The molecule has 0 amide bonds. The van der Waals surface area contributed by atoms with Crippen molar-refractivity contribution in [2.24, 2.45) is 0 Å². The predicted molar refractivity (Wildman–Crippen MR) is 71.9 cm³/mol. The van der Waals surface area contributed by atoms with E-state index < -0.39 is 5.97 Å². The van der Waals surface area contributed by atoms with Crippen LogP contribution in [0.3, 0.4) is 0 Å². The molecule has 1 aromatic carbocycles. The molecule has 100 valence electrons. The van der Waals surface area contributed by atoms with Gasteiger partial charge in [-0.25, -0.2) is 14.8 Å². The zero-order valence-electron chi connectivity index (χ0n) is 10.6. The zero-order valence-corrected chi connectivity index (χ0v) is 10.6. The van der Waals surface area contributed by atoms with Gasteiger partial charge in [0.05, 0.1) is 7.11 Å². The Morgan fingerprint density at radius 1 is 1.35 bits per heavy atom. The van der Waals surface area contributed by atoms with Gasteiger partial charge in [0.25, 0.3) is 0 Å². The zero-order chi connectivity index (χ0) is 14.1. The summed E-state index contributed by atoms with van der Waals surface area (Å²) >= 11 is 0. The number of fused-ring (bicyclic) bond motifs is 1. The summed E-state index contributed by atoms with van der Waals surface area (Å²) in [5.74, 6) is -0.482. The number of aromatic nitrogens is 3. The monoisotopic (exact) mass is 269 g/mol. The minimum absolute atomic E-state index is 0.0640. The van der Waals surface area contributed by atoms with Crippen LogP contribution in [0.4, 0.5) is 0 Å². The van der Waals surface area contributed by atoms with Crippen molar-refractivity contribution in [1.29, 1.82) is 0 Å². The van der Waals surface area contributed by atoms with Crippen molar-refractivity contribution in [2.75, 3.05) is 7.11 Å². The SMILES string of the molecule is COc1cccc(-c2nc(C(=O)O)n3cccnc23)c1. The number of hydrogen-bond donors (Lipinski definition) is 1. The standard InChI is InChI=1S/C14H11N3O3/c1-20-10-5-2-4-9(8-10)11-12-15-6-3-7-17(12)13(16-11)14(18)19/h2-8H,1H3,(H,18,19). The summed E-state index contributed by atoms with van der Waals surface area (Å²) in [6, 6.07) is 8.93. The molecule has 0 unspecified atom stereocenters. The lowest BCUT2D eigenvalue weighted by Crippen LogP contribution is -2.03. The van der Waals surface area contributed by atoms with Crippen molar-refractivity contribution in [3.05, 3.63) is 48.5 Å². The lowest BCUT2D eigenvalue weighted by Gasteiger charge is -2.02. The van der Waals surface area contributed by atoms with Crippen LogP contribution in [-0.4, -0.2) is 32.6 Å². The van der Waals surface area contributed by atoms with Crippen LogP contribution in [0, 0.1) is 0 Å². The van der Waals surface area contributed by atoms with Gasteiger partial charge in [-0.3, -0.25) is 4.40 Å². The van der Waals surface area contributed by atoms with Gasteiger partial charge in [0.1, 0.15) is 11.4 Å². The summed E-state index contributed by atoms with van der Waals surface area (Å²) in [4.78, 5) is 19.6. The lowest BCUT2D eigenvalue weighted by molar-refractivity contribution is 0.0683.